The monoisotopic (exact) mass is 382 g/mol. The molecule has 0 saturated heterocycles. The van der Waals surface area contributed by atoms with Crippen LogP contribution in [0.25, 0.3) is 11.0 Å². The van der Waals surface area contributed by atoms with Gasteiger partial charge in [-0.2, -0.15) is 0 Å². The lowest BCUT2D eigenvalue weighted by molar-refractivity contribution is 0.100. The van der Waals surface area contributed by atoms with Gasteiger partial charge >= 0.3 is 5.63 Å². The Morgan fingerprint density at radius 1 is 0.655 bits per heavy atom. The Morgan fingerprint density at radius 2 is 1.14 bits per heavy atom. The number of para-hydroxylation sites is 1. The fourth-order valence-electron chi connectivity index (χ4n) is 3.29. The summed E-state index contributed by atoms with van der Waals surface area (Å²) in [7, 11) is 0. The average Bonchev–Trinajstić information content (AvgIpc) is 2.73. The van der Waals surface area contributed by atoms with Crippen molar-refractivity contribution in [1.29, 1.82) is 0 Å². The van der Waals surface area contributed by atoms with Crippen LogP contribution in [0.15, 0.2) is 82.0 Å². The number of carbonyl (C=O) groups excluding carboxylic acids is 2. The second kappa shape index (κ2) is 7.32. The predicted molar refractivity (Wildman–Crippen MR) is 112 cm³/mol. The summed E-state index contributed by atoms with van der Waals surface area (Å²) in [6.07, 6.45) is 0. The number of ketones is 2. The van der Waals surface area contributed by atoms with Gasteiger partial charge in [0.1, 0.15) is 11.1 Å². The minimum atomic E-state index is -0.815. The molecule has 4 aromatic rings. The van der Waals surface area contributed by atoms with Gasteiger partial charge in [0.25, 0.3) is 0 Å². The molecule has 29 heavy (non-hydrogen) atoms. The van der Waals surface area contributed by atoms with Crippen molar-refractivity contribution in [2.24, 2.45) is 0 Å². The molecule has 0 saturated carbocycles. The van der Waals surface area contributed by atoms with Crippen molar-refractivity contribution in [2.75, 3.05) is 0 Å². The van der Waals surface area contributed by atoms with Gasteiger partial charge in [0, 0.05) is 16.5 Å². The molecule has 1 heterocycles. The van der Waals surface area contributed by atoms with Crippen LogP contribution in [0.4, 0.5) is 0 Å². The van der Waals surface area contributed by atoms with E-state index in [1.807, 2.05) is 26.0 Å². The number of rotatable bonds is 4. The molecule has 0 bridgehead atoms. The SMILES string of the molecule is Cc1ccc(C(=O)c2c(C(=O)c3ccc(C)cc3)c3ccccc3oc2=O)cc1. The molecular formula is C25H18O4. The Balaban J connectivity index is 2.00. The van der Waals surface area contributed by atoms with E-state index in [0.717, 1.165) is 11.1 Å². The first kappa shape index (κ1) is 18.6. The van der Waals surface area contributed by atoms with Crippen LogP contribution in [-0.2, 0) is 0 Å². The van der Waals surface area contributed by atoms with Gasteiger partial charge < -0.3 is 4.42 Å². The van der Waals surface area contributed by atoms with Crippen molar-refractivity contribution in [3.05, 3.63) is 117 Å². The molecule has 0 amide bonds. The smallest absolute Gasteiger partial charge is 0.348 e. The highest BCUT2D eigenvalue weighted by molar-refractivity contribution is 6.24. The van der Waals surface area contributed by atoms with Gasteiger partial charge in [-0.3, -0.25) is 9.59 Å². The largest absolute Gasteiger partial charge is 0.422 e. The van der Waals surface area contributed by atoms with E-state index in [4.69, 9.17) is 4.42 Å². The fraction of sp³-hybridized carbons (Fsp3) is 0.0800. The van der Waals surface area contributed by atoms with Crippen molar-refractivity contribution >= 4 is 22.5 Å². The van der Waals surface area contributed by atoms with Crippen molar-refractivity contribution in [1.82, 2.24) is 0 Å². The Kier molecular flexibility index (Phi) is 4.69. The molecule has 3 aromatic carbocycles. The summed E-state index contributed by atoms with van der Waals surface area (Å²) in [5, 5.41) is 0.438. The van der Waals surface area contributed by atoms with Crippen LogP contribution >= 0.6 is 0 Å². The zero-order valence-corrected chi connectivity index (χ0v) is 16.1. The summed E-state index contributed by atoms with van der Waals surface area (Å²) in [5.41, 5.74) is 2.03. The summed E-state index contributed by atoms with van der Waals surface area (Å²) < 4.78 is 5.38. The molecule has 0 N–H and O–H groups in total. The van der Waals surface area contributed by atoms with Gasteiger partial charge in [-0.15, -0.1) is 0 Å². The van der Waals surface area contributed by atoms with Crippen molar-refractivity contribution in [3.63, 3.8) is 0 Å². The van der Waals surface area contributed by atoms with Gasteiger partial charge in [0.15, 0.2) is 5.78 Å². The first-order valence-electron chi connectivity index (χ1n) is 9.24. The molecule has 4 rings (SSSR count). The minimum absolute atomic E-state index is 0.0753. The molecule has 142 valence electrons. The van der Waals surface area contributed by atoms with Gasteiger partial charge in [-0.1, -0.05) is 77.9 Å². The Hall–Kier alpha value is -3.79. The second-order valence-corrected chi connectivity index (χ2v) is 7.03. The van der Waals surface area contributed by atoms with E-state index in [1.54, 1.807) is 60.7 Å². The van der Waals surface area contributed by atoms with Gasteiger partial charge in [0.2, 0.25) is 5.78 Å². The highest BCUT2D eigenvalue weighted by Crippen LogP contribution is 2.25. The van der Waals surface area contributed by atoms with E-state index in [9.17, 15) is 14.4 Å². The van der Waals surface area contributed by atoms with Crippen LogP contribution in [0.2, 0.25) is 0 Å². The summed E-state index contributed by atoms with van der Waals surface area (Å²) in [4.78, 5) is 39.4. The maximum atomic E-state index is 13.4. The highest BCUT2D eigenvalue weighted by Gasteiger charge is 2.27. The predicted octanol–water partition coefficient (Wildman–Crippen LogP) is 4.87. The molecule has 0 aliphatic heterocycles. The Bertz CT molecular complexity index is 1290. The van der Waals surface area contributed by atoms with E-state index < -0.39 is 11.4 Å². The molecule has 0 spiro atoms. The summed E-state index contributed by atoms with van der Waals surface area (Å²) in [5.74, 6) is -0.912. The van der Waals surface area contributed by atoms with Crippen LogP contribution < -0.4 is 5.63 Å². The molecule has 0 aliphatic carbocycles. The lowest BCUT2D eigenvalue weighted by Crippen LogP contribution is -2.22. The Labute approximate surface area is 167 Å². The van der Waals surface area contributed by atoms with E-state index in [1.165, 1.54) is 0 Å². The van der Waals surface area contributed by atoms with Crippen LogP contribution in [0.1, 0.15) is 43.0 Å². The van der Waals surface area contributed by atoms with Crippen molar-refractivity contribution in [3.8, 4) is 0 Å². The standard InChI is InChI=1S/C25H18O4/c1-15-7-11-17(12-8-15)23(26)21-19-5-3-4-6-20(19)29-25(28)22(21)24(27)18-13-9-16(2)10-14-18/h3-14H,1-2H3. The fourth-order valence-corrected chi connectivity index (χ4v) is 3.29. The molecule has 0 radical (unpaired) electrons. The van der Waals surface area contributed by atoms with Crippen molar-refractivity contribution < 1.29 is 14.0 Å². The maximum Gasteiger partial charge on any atom is 0.348 e. The van der Waals surface area contributed by atoms with Crippen LogP contribution in [0.3, 0.4) is 0 Å². The van der Waals surface area contributed by atoms with Gasteiger partial charge in [-0.25, -0.2) is 4.79 Å². The van der Waals surface area contributed by atoms with E-state index in [-0.39, 0.29) is 22.5 Å². The zero-order chi connectivity index (χ0) is 20.5. The highest BCUT2D eigenvalue weighted by atomic mass is 16.4. The molecule has 0 atom stereocenters. The first-order chi connectivity index (χ1) is 14.0. The molecule has 4 heteroatoms. The summed E-state index contributed by atoms with van der Waals surface area (Å²) in [6.45, 7) is 3.83. The number of fused-ring (bicyclic) bond motifs is 1. The minimum Gasteiger partial charge on any atom is -0.422 e. The zero-order valence-electron chi connectivity index (χ0n) is 16.1. The summed E-state index contributed by atoms with van der Waals surface area (Å²) in [6, 6.07) is 20.7. The molecule has 0 unspecified atom stereocenters. The van der Waals surface area contributed by atoms with E-state index >= 15 is 0 Å². The van der Waals surface area contributed by atoms with Crippen LogP contribution in [0.5, 0.6) is 0 Å². The third kappa shape index (κ3) is 3.41. The lowest BCUT2D eigenvalue weighted by atomic mass is 9.91. The normalized spacial score (nSPS) is 10.8. The molecule has 0 fully saturated rings. The van der Waals surface area contributed by atoms with E-state index in [2.05, 4.69) is 0 Å². The molecule has 1 aromatic heterocycles. The average molecular weight is 382 g/mol. The van der Waals surface area contributed by atoms with Crippen LogP contribution in [-0.4, -0.2) is 11.6 Å². The van der Waals surface area contributed by atoms with Crippen molar-refractivity contribution in [2.45, 2.75) is 13.8 Å². The quantitative estimate of drug-likeness (QED) is 0.373. The number of aryl methyl sites for hydroxylation is 2. The van der Waals surface area contributed by atoms with Crippen LogP contribution in [0, 0.1) is 13.8 Å². The number of hydrogen-bond donors (Lipinski definition) is 0. The third-order valence-corrected chi connectivity index (χ3v) is 4.89. The maximum absolute atomic E-state index is 13.4. The Morgan fingerprint density at radius 3 is 1.69 bits per heavy atom. The number of benzene rings is 3. The third-order valence-electron chi connectivity index (χ3n) is 4.89. The number of carbonyl (C=O) groups is 2. The molecule has 0 aliphatic rings. The lowest BCUT2D eigenvalue weighted by Gasteiger charge is -2.11. The van der Waals surface area contributed by atoms with Gasteiger partial charge in [-0.05, 0) is 19.9 Å². The van der Waals surface area contributed by atoms with Gasteiger partial charge in [0.05, 0.1) is 5.56 Å². The molecular weight excluding hydrogens is 364 g/mol. The second-order valence-electron chi connectivity index (χ2n) is 7.03. The molecule has 4 nitrogen and oxygen atoms in total. The first-order valence-corrected chi connectivity index (χ1v) is 9.24. The summed E-state index contributed by atoms with van der Waals surface area (Å²) >= 11 is 0. The number of hydrogen-bond acceptors (Lipinski definition) is 4. The topological polar surface area (TPSA) is 64.3 Å². The van der Waals surface area contributed by atoms with E-state index in [0.29, 0.717) is 16.5 Å².